The van der Waals surface area contributed by atoms with Crippen LogP contribution in [0.25, 0.3) is 33.4 Å². The van der Waals surface area contributed by atoms with Gasteiger partial charge in [-0.1, -0.05) is 153 Å². The zero-order valence-corrected chi connectivity index (χ0v) is 47.2. The molecule has 2 atom stereocenters. The van der Waals surface area contributed by atoms with Gasteiger partial charge in [-0.25, -0.2) is 9.36 Å². The predicted octanol–water partition coefficient (Wildman–Crippen LogP) is 15.7. The molecule has 0 fully saturated rings. The van der Waals surface area contributed by atoms with Crippen molar-refractivity contribution in [3.63, 3.8) is 0 Å². The monoisotopic (exact) mass is 1090 g/mol. The molecule has 15 heteroatoms. The maximum Gasteiger partial charge on any atom is 0.472 e. The van der Waals surface area contributed by atoms with Crippen LogP contribution in [-0.2, 0) is 39.2 Å². The van der Waals surface area contributed by atoms with Crippen molar-refractivity contribution in [1.82, 2.24) is 5.32 Å². The predicted molar refractivity (Wildman–Crippen MR) is 306 cm³/mol. The van der Waals surface area contributed by atoms with E-state index in [0.29, 0.717) is 40.5 Å². The Morgan fingerprint density at radius 2 is 1.18 bits per heavy atom. The summed E-state index contributed by atoms with van der Waals surface area (Å²) in [6.45, 7) is 3.60. The highest BCUT2D eigenvalue weighted by Crippen LogP contribution is 2.44. The van der Waals surface area contributed by atoms with Crippen LogP contribution in [0.15, 0.2) is 88.1 Å². The van der Waals surface area contributed by atoms with E-state index >= 15 is 0 Å². The second-order valence-electron chi connectivity index (χ2n) is 20.2. The van der Waals surface area contributed by atoms with Gasteiger partial charge in [0.15, 0.2) is 11.5 Å². The average Bonchev–Trinajstić information content (AvgIpc) is 3.41. The fraction of sp³-hybridized carbons (Fsp3) is 0.581. The van der Waals surface area contributed by atoms with Gasteiger partial charge in [0, 0.05) is 54.6 Å². The number of carbonyl (C=O) groups is 3. The molecule has 77 heavy (non-hydrogen) atoms. The fourth-order valence-electron chi connectivity index (χ4n) is 9.23. The molecule has 1 aliphatic heterocycles. The summed E-state index contributed by atoms with van der Waals surface area (Å²) in [4.78, 5) is 61.2. The molecule has 2 aromatic rings. The van der Waals surface area contributed by atoms with E-state index in [1.54, 1.807) is 24.3 Å². The van der Waals surface area contributed by atoms with Crippen molar-refractivity contribution in [2.75, 3.05) is 26.4 Å². The Labute approximate surface area is 458 Å². The van der Waals surface area contributed by atoms with E-state index in [0.717, 1.165) is 77.0 Å². The SMILES string of the molecule is CCCCCCCC/C=C\CCCCCCCC(=O)OC[C@H](COP(=O)(O)OCCNCc1ccc(-c2c3ccc(=O)cc-3oc3cc(O)ccc23)c(C(=O)O)c1)OC(=O)CCCCCCC/C=C\CCCCCCCC. The van der Waals surface area contributed by atoms with Crippen molar-refractivity contribution in [3.05, 3.63) is 100 Å². The molecule has 1 unspecified atom stereocenters. The first-order valence-corrected chi connectivity index (χ1v) is 30.4. The van der Waals surface area contributed by atoms with E-state index in [9.17, 15) is 38.8 Å². The number of carboxylic acids is 1. The van der Waals surface area contributed by atoms with Crippen LogP contribution < -0.4 is 10.7 Å². The van der Waals surface area contributed by atoms with Crippen LogP contribution in [0.5, 0.6) is 5.75 Å². The van der Waals surface area contributed by atoms with Crippen molar-refractivity contribution in [1.29, 1.82) is 0 Å². The van der Waals surface area contributed by atoms with Gasteiger partial charge in [0.05, 0.1) is 18.8 Å². The lowest BCUT2D eigenvalue weighted by atomic mass is 9.90. The molecule has 0 aromatic heterocycles. The number of phenols is 1. The number of allylic oxidation sites excluding steroid dienone is 4. The van der Waals surface area contributed by atoms with E-state index in [1.807, 2.05) is 0 Å². The standard InChI is InChI=1S/C62H90NO13P/c1-3-5-7-9-11-13-15-17-19-21-23-25-27-29-31-33-59(66)72-47-52(75-60(67)34-32-30-28-26-24-22-20-18-16-14-12-10-8-6-4-2)48-74-77(70,71)73-42-41-63-46-49-35-38-53(56(43-49)62(68)69)61-54-39-36-50(64)44-57(54)76-58-45-51(65)37-40-55(58)61/h17-20,35-40,43-45,52,63-64H,3-16,21-34,41-42,46-48H2,1-2H3,(H,68,69)(H,70,71)/b19-17-,20-18-/t52-/m1/s1. The number of ether oxygens (including phenoxy) is 2. The molecule has 0 amide bonds. The molecule has 2 aromatic carbocycles. The Morgan fingerprint density at radius 3 is 1.77 bits per heavy atom. The first-order valence-electron chi connectivity index (χ1n) is 28.9. The number of esters is 2. The number of carboxylic acid groups (broad SMARTS) is 1. The molecule has 0 bridgehead atoms. The number of unbranched alkanes of at least 4 members (excludes halogenated alkanes) is 22. The quantitative estimate of drug-likeness (QED) is 0.0107. The second kappa shape index (κ2) is 38.5. The smallest absolute Gasteiger partial charge is 0.472 e. The van der Waals surface area contributed by atoms with Crippen LogP contribution >= 0.6 is 7.82 Å². The van der Waals surface area contributed by atoms with Crippen LogP contribution in [0.4, 0.5) is 0 Å². The number of rotatable bonds is 44. The Morgan fingerprint density at radius 1 is 0.636 bits per heavy atom. The van der Waals surface area contributed by atoms with Gasteiger partial charge in [-0.2, -0.15) is 0 Å². The Balaban J connectivity index is 1.21. The highest BCUT2D eigenvalue weighted by Gasteiger charge is 2.27. The maximum absolute atomic E-state index is 13.0. The van der Waals surface area contributed by atoms with Gasteiger partial charge in [-0.15, -0.1) is 0 Å². The molecular formula is C62H90NO13P. The van der Waals surface area contributed by atoms with Gasteiger partial charge >= 0.3 is 25.7 Å². The molecule has 2 aliphatic rings. The molecule has 4 N–H and O–H groups in total. The van der Waals surface area contributed by atoms with Crippen LogP contribution in [-0.4, -0.2) is 65.5 Å². The van der Waals surface area contributed by atoms with E-state index in [1.165, 1.54) is 107 Å². The van der Waals surface area contributed by atoms with Crippen LogP contribution in [0.1, 0.15) is 210 Å². The second-order valence-corrected chi connectivity index (χ2v) is 21.7. The lowest BCUT2D eigenvalue weighted by Crippen LogP contribution is -2.29. The minimum atomic E-state index is -4.66. The fourth-order valence-corrected chi connectivity index (χ4v) is 9.98. The Kier molecular flexibility index (Phi) is 32.2. The number of hydrogen-bond donors (Lipinski definition) is 4. The molecule has 1 heterocycles. The molecule has 0 saturated heterocycles. The number of aromatic hydroxyl groups is 1. The highest BCUT2D eigenvalue weighted by molar-refractivity contribution is 7.47. The van der Waals surface area contributed by atoms with Crippen LogP contribution in [0.2, 0.25) is 0 Å². The van der Waals surface area contributed by atoms with Crippen molar-refractivity contribution < 1.29 is 57.0 Å². The molecule has 1 aliphatic carbocycles. The summed E-state index contributed by atoms with van der Waals surface area (Å²) in [7, 11) is -4.66. The van der Waals surface area contributed by atoms with Crippen LogP contribution in [0.3, 0.4) is 0 Å². The number of phenolic OH excluding ortho intramolecular Hbond substituents is 1. The number of benzene rings is 3. The van der Waals surface area contributed by atoms with Gasteiger partial charge in [-0.05, 0) is 106 Å². The van der Waals surface area contributed by atoms with Crippen molar-refractivity contribution in [3.8, 4) is 28.2 Å². The molecular weight excluding hydrogens is 998 g/mol. The maximum atomic E-state index is 13.0. The zero-order valence-electron chi connectivity index (χ0n) is 46.3. The lowest BCUT2D eigenvalue weighted by Gasteiger charge is -2.20. The largest absolute Gasteiger partial charge is 0.508 e. The Hall–Kier alpha value is -5.11. The number of phosphoric ester groups is 1. The van der Waals surface area contributed by atoms with Gasteiger partial charge in [0.25, 0.3) is 0 Å². The summed E-state index contributed by atoms with van der Waals surface area (Å²) in [5.41, 5.74) is 1.98. The van der Waals surface area contributed by atoms with Crippen molar-refractivity contribution >= 4 is 36.7 Å². The third-order valence-corrected chi connectivity index (χ3v) is 14.5. The number of aromatic carboxylic acids is 1. The van der Waals surface area contributed by atoms with E-state index in [-0.39, 0.29) is 67.2 Å². The first-order chi connectivity index (χ1) is 37.4. The molecule has 426 valence electrons. The third kappa shape index (κ3) is 26.9. The molecule has 0 saturated carbocycles. The molecule has 0 radical (unpaired) electrons. The zero-order chi connectivity index (χ0) is 55.4. The third-order valence-electron chi connectivity index (χ3n) is 13.6. The lowest BCUT2D eigenvalue weighted by molar-refractivity contribution is -0.161. The van der Waals surface area contributed by atoms with Crippen molar-refractivity contribution in [2.45, 2.75) is 206 Å². The number of carbonyl (C=O) groups excluding carboxylic acids is 2. The first kappa shape index (κ1) is 64.4. The summed E-state index contributed by atoms with van der Waals surface area (Å²) in [6, 6.07) is 13.7. The minimum absolute atomic E-state index is 0.0152. The normalized spacial score (nSPS) is 13.0. The topological polar surface area (TPSA) is 208 Å². The summed E-state index contributed by atoms with van der Waals surface area (Å²) in [5, 5.41) is 24.1. The number of nitrogens with one attached hydrogen (secondary N) is 1. The van der Waals surface area contributed by atoms with Gasteiger partial charge in [-0.3, -0.25) is 23.4 Å². The van der Waals surface area contributed by atoms with Gasteiger partial charge < -0.3 is 34.3 Å². The number of hydrogen-bond acceptors (Lipinski definition) is 12. The summed E-state index contributed by atoms with van der Waals surface area (Å²) in [5.74, 6) is -1.97. The number of phosphoric acid groups is 1. The molecule has 14 nitrogen and oxygen atoms in total. The Bertz CT molecular complexity index is 2460. The van der Waals surface area contributed by atoms with Crippen LogP contribution in [0, 0.1) is 0 Å². The molecule has 4 rings (SSSR count). The van der Waals surface area contributed by atoms with E-state index in [2.05, 4.69) is 43.5 Å². The highest BCUT2D eigenvalue weighted by atomic mass is 31.2. The average molecular weight is 1090 g/mol. The summed E-state index contributed by atoms with van der Waals surface area (Å²) in [6.07, 6.45) is 37.9. The van der Waals surface area contributed by atoms with E-state index < -0.39 is 38.4 Å². The molecule has 0 spiro atoms. The van der Waals surface area contributed by atoms with E-state index in [4.69, 9.17) is 22.9 Å². The minimum Gasteiger partial charge on any atom is -0.508 e. The summed E-state index contributed by atoms with van der Waals surface area (Å²) >= 11 is 0. The van der Waals surface area contributed by atoms with Crippen molar-refractivity contribution in [2.24, 2.45) is 0 Å². The number of fused-ring (bicyclic) bond motifs is 2. The van der Waals surface area contributed by atoms with Gasteiger partial charge in [0.1, 0.15) is 23.7 Å². The van der Waals surface area contributed by atoms with Gasteiger partial charge in [0.2, 0.25) is 0 Å². The summed E-state index contributed by atoms with van der Waals surface area (Å²) < 4.78 is 40.5.